The standard InChI is InChI=1S/C15H18IN3O/c1-10(2)8-18-9-12(7-17)15(20)19-14-5-4-13(16)6-11(14)3/h4-6,9-10,18H,8H2,1-3H3,(H,19,20)/b12-9-. The molecule has 0 radical (unpaired) electrons. The molecule has 0 aliphatic carbocycles. The fraction of sp³-hybridized carbons (Fsp3) is 0.333. The molecule has 0 atom stereocenters. The summed E-state index contributed by atoms with van der Waals surface area (Å²) >= 11 is 2.21. The number of nitrogens with one attached hydrogen (secondary N) is 2. The molecule has 0 heterocycles. The van der Waals surface area contributed by atoms with Crippen LogP contribution in [-0.2, 0) is 4.79 Å². The Morgan fingerprint density at radius 3 is 2.75 bits per heavy atom. The summed E-state index contributed by atoms with van der Waals surface area (Å²) in [6.07, 6.45) is 1.47. The Kier molecular flexibility index (Phi) is 6.52. The second-order valence-corrected chi connectivity index (χ2v) is 6.13. The smallest absolute Gasteiger partial charge is 0.267 e. The molecule has 2 N–H and O–H groups in total. The third-order valence-electron chi connectivity index (χ3n) is 2.57. The van der Waals surface area contributed by atoms with Gasteiger partial charge >= 0.3 is 0 Å². The van der Waals surface area contributed by atoms with E-state index < -0.39 is 5.91 Å². The van der Waals surface area contributed by atoms with Crippen LogP contribution in [-0.4, -0.2) is 12.5 Å². The van der Waals surface area contributed by atoms with Crippen molar-refractivity contribution >= 4 is 34.2 Å². The van der Waals surface area contributed by atoms with Gasteiger partial charge in [0.2, 0.25) is 0 Å². The maximum absolute atomic E-state index is 12.0. The van der Waals surface area contributed by atoms with E-state index in [0.717, 1.165) is 21.4 Å². The second kappa shape index (κ2) is 7.90. The van der Waals surface area contributed by atoms with E-state index in [2.05, 4.69) is 47.1 Å². The zero-order valence-electron chi connectivity index (χ0n) is 11.8. The molecule has 0 saturated carbocycles. The summed E-state index contributed by atoms with van der Waals surface area (Å²) in [5.74, 6) is 0.0563. The van der Waals surface area contributed by atoms with Crippen LogP contribution in [0.5, 0.6) is 0 Å². The van der Waals surface area contributed by atoms with Gasteiger partial charge in [-0.15, -0.1) is 0 Å². The molecule has 0 fully saturated rings. The van der Waals surface area contributed by atoms with Crippen LogP contribution in [0, 0.1) is 27.7 Å². The predicted octanol–water partition coefficient (Wildman–Crippen LogP) is 3.19. The van der Waals surface area contributed by atoms with Gasteiger partial charge in [-0.2, -0.15) is 5.26 Å². The number of hydrogen-bond donors (Lipinski definition) is 2. The van der Waals surface area contributed by atoms with Gasteiger partial charge in [-0.25, -0.2) is 0 Å². The van der Waals surface area contributed by atoms with E-state index in [-0.39, 0.29) is 5.57 Å². The van der Waals surface area contributed by atoms with Gasteiger partial charge < -0.3 is 10.6 Å². The first-order valence-electron chi connectivity index (χ1n) is 6.35. The summed E-state index contributed by atoms with van der Waals surface area (Å²) in [4.78, 5) is 12.0. The molecule has 1 aromatic carbocycles. The zero-order chi connectivity index (χ0) is 15.1. The van der Waals surface area contributed by atoms with Crippen molar-refractivity contribution < 1.29 is 4.79 Å². The van der Waals surface area contributed by atoms with Gasteiger partial charge in [0.1, 0.15) is 11.6 Å². The number of hydrogen-bond acceptors (Lipinski definition) is 3. The molecule has 0 aromatic heterocycles. The minimum Gasteiger partial charge on any atom is -0.389 e. The second-order valence-electron chi connectivity index (χ2n) is 4.89. The molecule has 20 heavy (non-hydrogen) atoms. The SMILES string of the molecule is Cc1cc(I)ccc1NC(=O)/C(C#N)=C\NCC(C)C. The number of benzene rings is 1. The average molecular weight is 383 g/mol. The first-order chi connectivity index (χ1) is 9.43. The summed E-state index contributed by atoms with van der Waals surface area (Å²) < 4.78 is 1.10. The molecule has 0 bridgehead atoms. The Morgan fingerprint density at radius 1 is 1.50 bits per heavy atom. The minimum atomic E-state index is -0.395. The highest BCUT2D eigenvalue weighted by Crippen LogP contribution is 2.18. The Hall–Kier alpha value is -1.55. The number of anilines is 1. The van der Waals surface area contributed by atoms with Crippen molar-refractivity contribution in [3.63, 3.8) is 0 Å². The van der Waals surface area contributed by atoms with Crippen LogP contribution < -0.4 is 10.6 Å². The first-order valence-corrected chi connectivity index (χ1v) is 7.43. The van der Waals surface area contributed by atoms with E-state index in [0.29, 0.717) is 5.92 Å². The molecular weight excluding hydrogens is 365 g/mol. The number of nitrogens with zero attached hydrogens (tertiary/aromatic N) is 1. The van der Waals surface area contributed by atoms with Crippen LogP contribution in [0.3, 0.4) is 0 Å². The van der Waals surface area contributed by atoms with Crippen molar-refractivity contribution in [1.29, 1.82) is 5.26 Å². The van der Waals surface area contributed by atoms with E-state index in [9.17, 15) is 4.79 Å². The molecule has 0 spiro atoms. The number of rotatable bonds is 5. The fourth-order valence-corrected chi connectivity index (χ4v) is 2.15. The van der Waals surface area contributed by atoms with Gasteiger partial charge in [-0.1, -0.05) is 13.8 Å². The summed E-state index contributed by atoms with van der Waals surface area (Å²) in [7, 11) is 0. The molecule has 4 nitrogen and oxygen atoms in total. The molecule has 5 heteroatoms. The number of carbonyl (C=O) groups is 1. The van der Waals surface area contributed by atoms with Crippen molar-refractivity contribution in [2.24, 2.45) is 5.92 Å². The number of amides is 1. The zero-order valence-corrected chi connectivity index (χ0v) is 14.0. The lowest BCUT2D eigenvalue weighted by atomic mass is 10.2. The van der Waals surface area contributed by atoms with Crippen molar-refractivity contribution in [2.45, 2.75) is 20.8 Å². The quantitative estimate of drug-likeness (QED) is 0.466. The van der Waals surface area contributed by atoms with Crippen molar-refractivity contribution in [3.05, 3.63) is 39.1 Å². The average Bonchev–Trinajstić information content (AvgIpc) is 2.37. The maximum atomic E-state index is 12.0. The molecule has 0 saturated heterocycles. The Morgan fingerprint density at radius 2 is 2.20 bits per heavy atom. The summed E-state index contributed by atoms with van der Waals surface area (Å²) in [5, 5.41) is 14.8. The van der Waals surface area contributed by atoms with Gasteiger partial charge in [-0.3, -0.25) is 4.79 Å². The number of nitriles is 1. The van der Waals surface area contributed by atoms with Gasteiger partial charge in [0.25, 0.3) is 5.91 Å². The van der Waals surface area contributed by atoms with Crippen LogP contribution >= 0.6 is 22.6 Å². The van der Waals surface area contributed by atoms with Crippen LogP contribution in [0.4, 0.5) is 5.69 Å². The molecule has 0 aliphatic rings. The van der Waals surface area contributed by atoms with E-state index in [4.69, 9.17) is 5.26 Å². The van der Waals surface area contributed by atoms with Gasteiger partial charge in [-0.05, 0) is 59.2 Å². The fourth-order valence-electron chi connectivity index (χ4n) is 1.50. The molecular formula is C15H18IN3O. The largest absolute Gasteiger partial charge is 0.389 e. The predicted molar refractivity (Wildman–Crippen MR) is 89.1 cm³/mol. The normalized spacial score (nSPS) is 11.1. The highest BCUT2D eigenvalue weighted by Gasteiger charge is 2.10. The van der Waals surface area contributed by atoms with Crippen molar-refractivity contribution in [3.8, 4) is 6.07 Å². The molecule has 1 aromatic rings. The monoisotopic (exact) mass is 383 g/mol. The molecule has 0 unspecified atom stereocenters. The molecule has 0 aliphatic heterocycles. The minimum absolute atomic E-state index is 0.0728. The highest BCUT2D eigenvalue weighted by atomic mass is 127. The lowest BCUT2D eigenvalue weighted by molar-refractivity contribution is -0.112. The van der Waals surface area contributed by atoms with Gasteiger partial charge in [0, 0.05) is 22.0 Å². The Balaban J connectivity index is 2.75. The van der Waals surface area contributed by atoms with E-state index >= 15 is 0 Å². The topological polar surface area (TPSA) is 64.9 Å². The highest BCUT2D eigenvalue weighted by molar-refractivity contribution is 14.1. The molecule has 106 valence electrons. The van der Waals surface area contributed by atoms with Crippen LogP contribution in [0.25, 0.3) is 0 Å². The Labute approximate surface area is 133 Å². The van der Waals surface area contributed by atoms with E-state index in [1.54, 1.807) is 0 Å². The maximum Gasteiger partial charge on any atom is 0.267 e. The lowest BCUT2D eigenvalue weighted by Gasteiger charge is -2.09. The Bertz CT molecular complexity index is 559. The van der Waals surface area contributed by atoms with Gasteiger partial charge in [0.05, 0.1) is 0 Å². The summed E-state index contributed by atoms with van der Waals surface area (Å²) in [6.45, 7) is 6.76. The summed E-state index contributed by atoms with van der Waals surface area (Å²) in [5.41, 5.74) is 1.77. The summed E-state index contributed by atoms with van der Waals surface area (Å²) in [6, 6.07) is 7.64. The van der Waals surface area contributed by atoms with Crippen molar-refractivity contribution in [2.75, 3.05) is 11.9 Å². The third kappa shape index (κ3) is 5.21. The molecule has 1 amide bonds. The number of halogens is 1. The van der Waals surface area contributed by atoms with E-state index in [1.807, 2.05) is 31.2 Å². The number of carbonyl (C=O) groups excluding carboxylic acids is 1. The first kappa shape index (κ1) is 16.5. The van der Waals surface area contributed by atoms with Crippen molar-refractivity contribution in [1.82, 2.24) is 5.32 Å². The van der Waals surface area contributed by atoms with Crippen LogP contribution in [0.1, 0.15) is 19.4 Å². The lowest BCUT2D eigenvalue weighted by Crippen LogP contribution is -2.19. The van der Waals surface area contributed by atoms with E-state index in [1.165, 1.54) is 6.20 Å². The molecule has 1 rings (SSSR count). The van der Waals surface area contributed by atoms with Gasteiger partial charge in [0.15, 0.2) is 0 Å². The van der Waals surface area contributed by atoms with Crippen LogP contribution in [0.15, 0.2) is 30.0 Å². The van der Waals surface area contributed by atoms with Crippen LogP contribution in [0.2, 0.25) is 0 Å². The third-order valence-corrected chi connectivity index (χ3v) is 3.25. The number of aryl methyl sites for hydroxylation is 1.